The first-order valence-corrected chi connectivity index (χ1v) is 12.3. The van der Waals surface area contributed by atoms with Crippen LogP contribution in [0.3, 0.4) is 0 Å². The van der Waals surface area contributed by atoms with Crippen molar-refractivity contribution < 1.29 is 19.1 Å². The molecule has 0 unspecified atom stereocenters. The Morgan fingerprint density at radius 2 is 1.22 bits per heavy atom. The van der Waals surface area contributed by atoms with Crippen LogP contribution < -0.4 is 14.4 Å². The van der Waals surface area contributed by atoms with Crippen molar-refractivity contribution in [1.82, 2.24) is 9.80 Å². The van der Waals surface area contributed by atoms with Crippen molar-refractivity contribution in [2.24, 2.45) is 0 Å². The van der Waals surface area contributed by atoms with Gasteiger partial charge in [-0.3, -0.25) is 9.59 Å². The minimum Gasteiger partial charge on any atom is -0.497 e. The Labute approximate surface area is 211 Å². The molecule has 2 heterocycles. The first-order chi connectivity index (χ1) is 17.6. The minimum absolute atomic E-state index is 0.000637. The first kappa shape index (κ1) is 23.7. The van der Waals surface area contributed by atoms with E-state index < -0.39 is 0 Å². The van der Waals surface area contributed by atoms with Crippen LogP contribution in [0.2, 0.25) is 0 Å². The molecule has 7 heteroatoms. The molecule has 3 aromatic carbocycles. The summed E-state index contributed by atoms with van der Waals surface area (Å²) in [7, 11) is 3.12. The van der Waals surface area contributed by atoms with Gasteiger partial charge in [0.05, 0.1) is 14.2 Å². The molecule has 5 rings (SSSR count). The number of amides is 2. The molecule has 0 bridgehead atoms. The van der Waals surface area contributed by atoms with Gasteiger partial charge in [-0.25, -0.2) is 0 Å². The predicted molar refractivity (Wildman–Crippen MR) is 139 cm³/mol. The number of benzene rings is 3. The summed E-state index contributed by atoms with van der Waals surface area (Å²) in [4.78, 5) is 32.1. The molecule has 0 aromatic heterocycles. The van der Waals surface area contributed by atoms with Gasteiger partial charge in [0.2, 0.25) is 0 Å². The molecule has 186 valence electrons. The molecule has 0 N–H and O–H groups in total. The maximum atomic E-state index is 13.1. The molecular weight excluding hydrogens is 454 g/mol. The van der Waals surface area contributed by atoms with Gasteiger partial charge < -0.3 is 24.2 Å². The highest BCUT2D eigenvalue weighted by atomic mass is 16.5. The number of hydrogen-bond donors (Lipinski definition) is 0. The van der Waals surface area contributed by atoms with E-state index in [-0.39, 0.29) is 11.8 Å². The predicted octanol–water partition coefficient (Wildman–Crippen LogP) is 3.86. The van der Waals surface area contributed by atoms with Gasteiger partial charge in [-0.1, -0.05) is 24.3 Å². The van der Waals surface area contributed by atoms with Gasteiger partial charge in [-0.15, -0.1) is 0 Å². The van der Waals surface area contributed by atoms with E-state index in [1.165, 1.54) is 11.1 Å². The largest absolute Gasteiger partial charge is 0.497 e. The number of rotatable bonds is 5. The van der Waals surface area contributed by atoms with Gasteiger partial charge in [0.1, 0.15) is 11.5 Å². The van der Waals surface area contributed by atoms with Crippen molar-refractivity contribution >= 4 is 17.5 Å². The van der Waals surface area contributed by atoms with Gasteiger partial charge in [0, 0.05) is 62.1 Å². The molecule has 1 saturated heterocycles. The summed E-state index contributed by atoms with van der Waals surface area (Å²) in [5.74, 6) is 1.06. The highest BCUT2D eigenvalue weighted by molar-refractivity contribution is 5.96. The molecule has 1 fully saturated rings. The van der Waals surface area contributed by atoms with Crippen molar-refractivity contribution in [2.45, 2.75) is 13.0 Å². The number of anilines is 1. The van der Waals surface area contributed by atoms with E-state index >= 15 is 0 Å². The molecule has 0 aliphatic carbocycles. The first-order valence-electron chi connectivity index (χ1n) is 12.3. The molecule has 3 aromatic rings. The maximum absolute atomic E-state index is 13.1. The summed E-state index contributed by atoms with van der Waals surface area (Å²) >= 11 is 0. The Kier molecular flexibility index (Phi) is 6.80. The highest BCUT2D eigenvalue weighted by Gasteiger charge is 2.26. The summed E-state index contributed by atoms with van der Waals surface area (Å²) in [6.07, 6.45) is 1.03. The third-order valence-corrected chi connectivity index (χ3v) is 7.06. The second kappa shape index (κ2) is 10.3. The van der Waals surface area contributed by atoms with Gasteiger partial charge in [0.15, 0.2) is 0 Å². The zero-order valence-corrected chi connectivity index (χ0v) is 20.8. The number of fused-ring (bicyclic) bond motifs is 1. The fourth-order valence-corrected chi connectivity index (χ4v) is 4.94. The molecular formula is C29H31N3O4. The Hall–Kier alpha value is -4.00. The second-order valence-corrected chi connectivity index (χ2v) is 9.17. The van der Waals surface area contributed by atoms with Crippen molar-refractivity contribution in [2.75, 3.05) is 51.8 Å². The van der Waals surface area contributed by atoms with E-state index in [2.05, 4.69) is 29.2 Å². The number of carbonyl (C=O) groups is 2. The SMILES string of the molecule is COc1cc(OC)cc(C(=O)N2CCN(C(=O)c3ccc(N4CCc5ccccc5C4)cc3)CC2)c1. The lowest BCUT2D eigenvalue weighted by molar-refractivity contribution is 0.0535. The van der Waals surface area contributed by atoms with E-state index in [1.807, 2.05) is 29.2 Å². The Bertz CT molecular complexity index is 1230. The molecule has 0 radical (unpaired) electrons. The summed E-state index contributed by atoms with van der Waals surface area (Å²) in [5, 5.41) is 0. The van der Waals surface area contributed by atoms with E-state index in [9.17, 15) is 9.59 Å². The number of methoxy groups -OCH3 is 2. The lowest BCUT2D eigenvalue weighted by atomic mass is 9.99. The molecule has 36 heavy (non-hydrogen) atoms. The van der Waals surface area contributed by atoms with Gasteiger partial charge in [-0.2, -0.15) is 0 Å². The van der Waals surface area contributed by atoms with Crippen LogP contribution in [0.1, 0.15) is 31.8 Å². The van der Waals surface area contributed by atoms with Crippen LogP contribution in [0, 0.1) is 0 Å². The molecule has 2 aliphatic rings. The number of piperazine rings is 1. The van der Waals surface area contributed by atoms with Gasteiger partial charge in [-0.05, 0) is 53.9 Å². The molecule has 0 spiro atoms. The Morgan fingerprint density at radius 3 is 1.81 bits per heavy atom. The summed E-state index contributed by atoms with van der Waals surface area (Å²) in [6, 6.07) is 21.7. The van der Waals surface area contributed by atoms with Crippen LogP contribution >= 0.6 is 0 Å². The zero-order valence-electron chi connectivity index (χ0n) is 20.8. The van der Waals surface area contributed by atoms with E-state index in [0.29, 0.717) is 48.8 Å². The van der Waals surface area contributed by atoms with Gasteiger partial charge in [0.25, 0.3) is 11.8 Å². The third-order valence-electron chi connectivity index (χ3n) is 7.06. The summed E-state index contributed by atoms with van der Waals surface area (Å²) < 4.78 is 10.6. The van der Waals surface area contributed by atoms with E-state index in [0.717, 1.165) is 25.2 Å². The van der Waals surface area contributed by atoms with Crippen molar-refractivity contribution in [3.05, 3.63) is 89.0 Å². The quantitative estimate of drug-likeness (QED) is 0.549. The van der Waals surface area contributed by atoms with Crippen LogP contribution in [0.4, 0.5) is 5.69 Å². The minimum atomic E-state index is -0.0910. The second-order valence-electron chi connectivity index (χ2n) is 9.17. The van der Waals surface area contributed by atoms with Crippen molar-refractivity contribution in [3.63, 3.8) is 0 Å². The molecule has 0 saturated carbocycles. The zero-order chi connectivity index (χ0) is 25.1. The molecule has 2 amide bonds. The maximum Gasteiger partial charge on any atom is 0.254 e. The molecule has 0 atom stereocenters. The Morgan fingerprint density at radius 1 is 0.667 bits per heavy atom. The standard InChI is InChI=1S/C29H31N3O4/c1-35-26-17-24(18-27(19-26)36-2)29(34)31-15-13-30(14-16-31)28(33)22-7-9-25(10-8-22)32-12-11-21-5-3-4-6-23(21)20-32/h3-10,17-19H,11-16,20H2,1-2H3. The number of hydrogen-bond acceptors (Lipinski definition) is 5. The average Bonchev–Trinajstić information content (AvgIpc) is 2.96. The van der Waals surface area contributed by atoms with Crippen molar-refractivity contribution in [1.29, 1.82) is 0 Å². The average molecular weight is 486 g/mol. The summed E-state index contributed by atoms with van der Waals surface area (Å²) in [5.41, 5.74) is 5.10. The van der Waals surface area contributed by atoms with Crippen molar-refractivity contribution in [3.8, 4) is 11.5 Å². The van der Waals surface area contributed by atoms with Gasteiger partial charge >= 0.3 is 0 Å². The fraction of sp³-hybridized carbons (Fsp3) is 0.310. The number of nitrogens with zero attached hydrogens (tertiary/aromatic N) is 3. The van der Waals surface area contributed by atoms with Crippen LogP contribution in [-0.2, 0) is 13.0 Å². The normalized spacial score (nSPS) is 15.3. The monoisotopic (exact) mass is 485 g/mol. The summed E-state index contributed by atoms with van der Waals surface area (Å²) in [6.45, 7) is 3.81. The Balaban J connectivity index is 1.19. The molecule has 2 aliphatic heterocycles. The fourth-order valence-electron chi connectivity index (χ4n) is 4.94. The van der Waals surface area contributed by atoms with Crippen LogP contribution in [0.25, 0.3) is 0 Å². The number of ether oxygens (including phenoxy) is 2. The van der Waals surface area contributed by atoms with Crippen LogP contribution in [0.5, 0.6) is 11.5 Å². The van der Waals surface area contributed by atoms with E-state index in [1.54, 1.807) is 37.3 Å². The third kappa shape index (κ3) is 4.87. The molecule has 7 nitrogen and oxygen atoms in total. The van der Waals surface area contributed by atoms with Crippen LogP contribution in [-0.4, -0.2) is 68.6 Å². The van der Waals surface area contributed by atoms with Crippen LogP contribution in [0.15, 0.2) is 66.7 Å². The number of carbonyl (C=O) groups excluding carboxylic acids is 2. The lowest BCUT2D eigenvalue weighted by Crippen LogP contribution is -2.50. The highest BCUT2D eigenvalue weighted by Crippen LogP contribution is 2.26. The topological polar surface area (TPSA) is 62.3 Å². The van der Waals surface area contributed by atoms with E-state index in [4.69, 9.17) is 9.47 Å². The lowest BCUT2D eigenvalue weighted by Gasteiger charge is -2.35. The smallest absolute Gasteiger partial charge is 0.254 e.